The average Bonchev–Trinajstić information content (AvgIpc) is 3.09. The van der Waals surface area contributed by atoms with Gasteiger partial charge in [0.1, 0.15) is 5.92 Å². The quantitative estimate of drug-likeness (QED) is 0.628. The SMILES string of the molecule is O=C(NCCC(=O)N1CCCC1)NC1COCC1C(=O)O. The summed E-state index contributed by atoms with van der Waals surface area (Å²) in [6, 6.07) is -0.997. The molecule has 2 rings (SSSR count). The molecule has 0 radical (unpaired) electrons. The molecule has 2 saturated heterocycles. The van der Waals surface area contributed by atoms with Crippen LogP contribution in [-0.2, 0) is 14.3 Å². The number of carbonyl (C=O) groups excluding carboxylic acids is 2. The van der Waals surface area contributed by atoms with Gasteiger partial charge in [-0.15, -0.1) is 0 Å². The van der Waals surface area contributed by atoms with Gasteiger partial charge in [0.2, 0.25) is 5.91 Å². The molecule has 118 valence electrons. The zero-order valence-electron chi connectivity index (χ0n) is 11.8. The molecule has 2 atom stereocenters. The molecule has 3 N–H and O–H groups in total. The topological polar surface area (TPSA) is 108 Å². The van der Waals surface area contributed by atoms with Crippen LogP contribution in [0.3, 0.4) is 0 Å². The molecule has 2 aliphatic rings. The third kappa shape index (κ3) is 4.32. The first-order chi connectivity index (χ1) is 10.1. The predicted octanol–water partition coefficient (Wildman–Crippen LogP) is -0.602. The summed E-state index contributed by atoms with van der Waals surface area (Å²) < 4.78 is 5.06. The van der Waals surface area contributed by atoms with Gasteiger partial charge >= 0.3 is 12.0 Å². The summed E-state index contributed by atoms with van der Waals surface area (Å²) in [5, 5.41) is 14.1. The molecule has 8 heteroatoms. The largest absolute Gasteiger partial charge is 0.481 e. The highest BCUT2D eigenvalue weighted by Gasteiger charge is 2.35. The van der Waals surface area contributed by atoms with E-state index in [0.29, 0.717) is 0 Å². The van der Waals surface area contributed by atoms with Crippen LogP contribution in [0.15, 0.2) is 0 Å². The Labute approximate surface area is 122 Å². The lowest BCUT2D eigenvalue weighted by molar-refractivity contribution is -0.142. The van der Waals surface area contributed by atoms with Gasteiger partial charge in [0.15, 0.2) is 0 Å². The van der Waals surface area contributed by atoms with Crippen molar-refractivity contribution in [2.24, 2.45) is 5.92 Å². The van der Waals surface area contributed by atoms with E-state index in [1.165, 1.54) is 0 Å². The number of rotatable bonds is 5. The molecule has 0 aromatic rings. The van der Waals surface area contributed by atoms with Gasteiger partial charge in [0.25, 0.3) is 0 Å². The Morgan fingerprint density at radius 1 is 1.19 bits per heavy atom. The Morgan fingerprint density at radius 3 is 2.57 bits per heavy atom. The summed E-state index contributed by atoms with van der Waals surface area (Å²) in [7, 11) is 0. The van der Waals surface area contributed by atoms with Gasteiger partial charge in [0, 0.05) is 26.1 Å². The van der Waals surface area contributed by atoms with E-state index >= 15 is 0 Å². The Hall–Kier alpha value is -1.83. The number of carboxylic acid groups (broad SMARTS) is 1. The third-order valence-electron chi connectivity index (χ3n) is 3.80. The first kappa shape index (κ1) is 15.6. The second kappa shape index (κ2) is 7.26. The van der Waals surface area contributed by atoms with Crippen molar-refractivity contribution in [3.05, 3.63) is 0 Å². The number of carboxylic acids is 1. The summed E-state index contributed by atoms with van der Waals surface area (Å²) in [6.07, 6.45) is 2.34. The lowest BCUT2D eigenvalue weighted by atomic mass is 10.0. The third-order valence-corrected chi connectivity index (χ3v) is 3.80. The highest BCUT2D eigenvalue weighted by Crippen LogP contribution is 2.13. The van der Waals surface area contributed by atoms with Crippen LogP contribution in [0.4, 0.5) is 4.79 Å². The first-order valence-electron chi connectivity index (χ1n) is 7.20. The molecule has 0 saturated carbocycles. The molecule has 0 spiro atoms. The Morgan fingerprint density at radius 2 is 1.90 bits per heavy atom. The van der Waals surface area contributed by atoms with Crippen LogP contribution in [0.2, 0.25) is 0 Å². The summed E-state index contributed by atoms with van der Waals surface area (Å²) in [4.78, 5) is 36.2. The maximum absolute atomic E-state index is 11.8. The minimum atomic E-state index is -0.984. The lowest BCUT2D eigenvalue weighted by Crippen LogP contribution is -2.47. The lowest BCUT2D eigenvalue weighted by Gasteiger charge is -2.17. The Kier molecular flexibility index (Phi) is 5.38. The number of aliphatic carboxylic acids is 1. The molecular weight excluding hydrogens is 278 g/mol. The van der Waals surface area contributed by atoms with Crippen LogP contribution in [-0.4, -0.2) is 66.8 Å². The van der Waals surface area contributed by atoms with Crippen LogP contribution in [0.1, 0.15) is 19.3 Å². The van der Waals surface area contributed by atoms with E-state index in [9.17, 15) is 14.4 Å². The van der Waals surface area contributed by atoms with Crippen molar-refractivity contribution in [3.63, 3.8) is 0 Å². The average molecular weight is 299 g/mol. The summed E-state index contributed by atoms with van der Waals surface area (Å²) in [6.45, 7) is 2.13. The summed E-state index contributed by atoms with van der Waals surface area (Å²) in [5.41, 5.74) is 0. The zero-order valence-corrected chi connectivity index (χ0v) is 11.8. The second-order valence-electron chi connectivity index (χ2n) is 5.33. The summed E-state index contributed by atoms with van der Waals surface area (Å²) >= 11 is 0. The predicted molar refractivity (Wildman–Crippen MR) is 72.7 cm³/mol. The van der Waals surface area contributed by atoms with Crippen molar-refractivity contribution in [3.8, 4) is 0 Å². The van der Waals surface area contributed by atoms with Gasteiger partial charge in [-0.25, -0.2) is 4.79 Å². The number of nitrogens with zero attached hydrogens (tertiary/aromatic N) is 1. The fourth-order valence-corrected chi connectivity index (χ4v) is 2.57. The monoisotopic (exact) mass is 299 g/mol. The van der Waals surface area contributed by atoms with E-state index in [-0.39, 0.29) is 32.1 Å². The molecule has 2 aliphatic heterocycles. The van der Waals surface area contributed by atoms with Crippen molar-refractivity contribution in [2.45, 2.75) is 25.3 Å². The molecule has 8 nitrogen and oxygen atoms in total. The van der Waals surface area contributed by atoms with Crippen LogP contribution in [0, 0.1) is 5.92 Å². The van der Waals surface area contributed by atoms with Gasteiger partial charge in [-0.2, -0.15) is 0 Å². The normalized spacial score (nSPS) is 24.9. The standard InChI is InChI=1S/C13H21N3O5/c17-11(16-5-1-2-6-16)3-4-14-13(20)15-10-8-21-7-9(10)12(18)19/h9-10H,1-8H2,(H,18,19)(H2,14,15,20). The number of carbonyl (C=O) groups is 3. The molecule has 21 heavy (non-hydrogen) atoms. The van der Waals surface area contributed by atoms with Gasteiger partial charge in [0.05, 0.1) is 19.3 Å². The molecule has 2 heterocycles. The fraction of sp³-hybridized carbons (Fsp3) is 0.769. The van der Waals surface area contributed by atoms with Crippen molar-refractivity contribution in [1.82, 2.24) is 15.5 Å². The molecule has 0 bridgehead atoms. The Balaban J connectivity index is 1.65. The molecule has 0 aromatic heterocycles. The van der Waals surface area contributed by atoms with Gasteiger partial charge < -0.3 is 25.4 Å². The summed E-state index contributed by atoms with van der Waals surface area (Å²) in [5.74, 6) is -1.66. The van der Waals surface area contributed by atoms with E-state index in [1.807, 2.05) is 0 Å². The Bertz CT molecular complexity index is 409. The second-order valence-corrected chi connectivity index (χ2v) is 5.33. The van der Waals surface area contributed by atoms with Crippen LogP contribution in [0.5, 0.6) is 0 Å². The first-order valence-corrected chi connectivity index (χ1v) is 7.20. The number of ether oxygens (including phenoxy) is 1. The molecule has 2 fully saturated rings. The van der Waals surface area contributed by atoms with E-state index in [4.69, 9.17) is 9.84 Å². The van der Waals surface area contributed by atoms with Gasteiger partial charge in [-0.1, -0.05) is 0 Å². The number of amides is 3. The van der Waals surface area contributed by atoms with Crippen LogP contribution < -0.4 is 10.6 Å². The van der Waals surface area contributed by atoms with Crippen LogP contribution >= 0.6 is 0 Å². The van der Waals surface area contributed by atoms with Crippen molar-refractivity contribution < 1.29 is 24.2 Å². The van der Waals surface area contributed by atoms with Gasteiger partial charge in [-0.3, -0.25) is 9.59 Å². The van der Waals surface area contributed by atoms with E-state index in [0.717, 1.165) is 25.9 Å². The number of hydrogen-bond donors (Lipinski definition) is 3. The number of nitrogens with one attached hydrogen (secondary N) is 2. The maximum atomic E-state index is 11.8. The van der Waals surface area contributed by atoms with Crippen molar-refractivity contribution in [1.29, 1.82) is 0 Å². The molecular formula is C13H21N3O5. The smallest absolute Gasteiger partial charge is 0.315 e. The van der Waals surface area contributed by atoms with Gasteiger partial charge in [-0.05, 0) is 12.8 Å². The maximum Gasteiger partial charge on any atom is 0.315 e. The number of likely N-dealkylation sites (tertiary alicyclic amines) is 1. The number of hydrogen-bond acceptors (Lipinski definition) is 4. The minimum Gasteiger partial charge on any atom is -0.481 e. The number of urea groups is 1. The van der Waals surface area contributed by atoms with E-state index in [2.05, 4.69) is 10.6 Å². The zero-order chi connectivity index (χ0) is 15.2. The van der Waals surface area contributed by atoms with Crippen molar-refractivity contribution in [2.75, 3.05) is 32.8 Å². The van der Waals surface area contributed by atoms with E-state index in [1.54, 1.807) is 4.90 Å². The molecule has 0 aliphatic carbocycles. The fourth-order valence-electron chi connectivity index (χ4n) is 2.57. The highest BCUT2D eigenvalue weighted by atomic mass is 16.5. The minimum absolute atomic E-state index is 0.0420. The van der Waals surface area contributed by atoms with Crippen LogP contribution in [0.25, 0.3) is 0 Å². The molecule has 3 amide bonds. The highest BCUT2D eigenvalue weighted by molar-refractivity contribution is 5.79. The molecule has 2 unspecified atom stereocenters. The van der Waals surface area contributed by atoms with Crippen molar-refractivity contribution >= 4 is 17.9 Å². The van der Waals surface area contributed by atoms with E-state index < -0.39 is 24.0 Å². The molecule has 0 aromatic carbocycles.